The van der Waals surface area contributed by atoms with Crippen LogP contribution >= 0.6 is 0 Å². The van der Waals surface area contributed by atoms with Crippen LogP contribution in [0.5, 0.6) is 11.5 Å². The zero-order valence-corrected chi connectivity index (χ0v) is 29.4. The van der Waals surface area contributed by atoms with Gasteiger partial charge in [0.05, 0.1) is 12.7 Å². The second kappa shape index (κ2) is 14.5. The zero-order chi connectivity index (χ0) is 35.5. The van der Waals surface area contributed by atoms with Crippen molar-refractivity contribution < 1.29 is 29.0 Å². The third kappa shape index (κ3) is 6.33. The normalized spacial score (nSPS) is 16.1. The maximum atomic E-state index is 13.3. The summed E-state index contributed by atoms with van der Waals surface area (Å²) in [7, 11) is 1.31. The quantitative estimate of drug-likeness (QED) is 0.207. The van der Waals surface area contributed by atoms with Gasteiger partial charge in [-0.1, -0.05) is 18.2 Å². The van der Waals surface area contributed by atoms with E-state index >= 15 is 0 Å². The van der Waals surface area contributed by atoms with E-state index in [0.717, 1.165) is 83.1 Å². The number of ether oxygens (including phenoxy) is 2. The van der Waals surface area contributed by atoms with Gasteiger partial charge < -0.3 is 34.2 Å². The first-order valence-corrected chi connectivity index (χ1v) is 17.3. The van der Waals surface area contributed by atoms with Crippen LogP contribution in [0.15, 0.2) is 84.1 Å². The molecule has 0 spiro atoms. The van der Waals surface area contributed by atoms with Gasteiger partial charge in [-0.2, -0.15) is 0 Å². The predicted molar refractivity (Wildman–Crippen MR) is 195 cm³/mol. The van der Waals surface area contributed by atoms with Crippen molar-refractivity contribution in [1.82, 2.24) is 9.80 Å². The molecule has 3 aromatic carbocycles. The number of rotatable bonds is 9. The number of hydrogen-bond donors (Lipinski definition) is 1. The van der Waals surface area contributed by atoms with Crippen molar-refractivity contribution in [3.63, 3.8) is 0 Å². The van der Waals surface area contributed by atoms with Crippen molar-refractivity contribution in [3.8, 4) is 11.5 Å². The number of carbonyl (C=O) groups excluding carboxylic acids is 3. The number of ketones is 2. The number of nitrogens with zero attached hydrogens (tertiary/aromatic N) is 4. The molecule has 1 aliphatic carbocycles. The average Bonchev–Trinajstić information content (AvgIpc) is 3.15. The highest BCUT2D eigenvalue weighted by molar-refractivity contribution is 6.30. The molecule has 2 heterocycles. The molecule has 6 rings (SSSR count). The molecule has 0 aromatic heterocycles. The fourth-order valence-electron chi connectivity index (χ4n) is 6.95. The van der Waals surface area contributed by atoms with E-state index in [-0.39, 0.29) is 30.3 Å². The number of piperazine rings is 1. The summed E-state index contributed by atoms with van der Waals surface area (Å²) in [6.07, 6.45) is 2.11. The van der Waals surface area contributed by atoms with E-state index in [1.165, 1.54) is 7.11 Å². The number of anilines is 2. The van der Waals surface area contributed by atoms with Gasteiger partial charge in [-0.05, 0) is 63.2 Å². The summed E-state index contributed by atoms with van der Waals surface area (Å²) >= 11 is 0. The van der Waals surface area contributed by atoms with E-state index in [1.807, 2.05) is 29.2 Å². The highest BCUT2D eigenvalue weighted by Crippen LogP contribution is 2.45. The SMILES string of the molecule is CCN(CC)c1ccc2c(c1)Oc1cc(N(CC)CC)ccc1C2=c1ccccc1=C(O)N1CCN(C(=O)C2=CC(=O)C(OC)=CC2=O)CC1. The predicted octanol–water partition coefficient (Wildman–Crippen LogP) is 4.11. The Kier molecular flexibility index (Phi) is 9.99. The number of hydrogen-bond acceptors (Lipinski definition) is 9. The Morgan fingerprint density at radius 2 is 1.30 bits per heavy atom. The molecule has 0 bridgehead atoms. The molecular formula is C40H44N4O6. The molecule has 0 radical (unpaired) electrons. The maximum Gasteiger partial charge on any atom is 0.258 e. The van der Waals surface area contributed by atoms with Gasteiger partial charge in [-0.25, -0.2) is 0 Å². The van der Waals surface area contributed by atoms with E-state index in [2.05, 4.69) is 73.9 Å². The summed E-state index contributed by atoms with van der Waals surface area (Å²) in [5.74, 6) is -0.0480. The largest absolute Gasteiger partial charge is 0.494 e. The Morgan fingerprint density at radius 1 is 0.760 bits per heavy atom. The lowest BCUT2D eigenvalue weighted by Crippen LogP contribution is -2.50. The number of aliphatic hydroxyl groups is 1. The third-order valence-electron chi connectivity index (χ3n) is 9.75. The molecule has 0 atom stereocenters. The first kappa shape index (κ1) is 34.4. The van der Waals surface area contributed by atoms with Gasteiger partial charge in [0.25, 0.3) is 5.91 Å². The minimum atomic E-state index is -0.556. The Bertz CT molecular complexity index is 1950. The summed E-state index contributed by atoms with van der Waals surface area (Å²) in [5, 5.41) is 13.4. The van der Waals surface area contributed by atoms with Gasteiger partial charge in [0.15, 0.2) is 17.4 Å². The van der Waals surface area contributed by atoms with E-state index < -0.39 is 17.5 Å². The van der Waals surface area contributed by atoms with Gasteiger partial charge in [-0.15, -0.1) is 0 Å². The molecular weight excluding hydrogens is 632 g/mol. The highest BCUT2D eigenvalue weighted by Gasteiger charge is 2.32. The molecule has 0 saturated carbocycles. The molecule has 50 heavy (non-hydrogen) atoms. The monoisotopic (exact) mass is 676 g/mol. The Balaban J connectivity index is 1.41. The Labute approximate surface area is 292 Å². The number of methoxy groups -OCH3 is 1. The third-order valence-corrected chi connectivity index (χ3v) is 9.75. The van der Waals surface area contributed by atoms with Gasteiger partial charge in [-0.3, -0.25) is 14.4 Å². The van der Waals surface area contributed by atoms with Crippen LogP contribution in [0.3, 0.4) is 0 Å². The van der Waals surface area contributed by atoms with Crippen LogP contribution in [0, 0.1) is 0 Å². The molecule has 10 nitrogen and oxygen atoms in total. The lowest BCUT2D eigenvalue weighted by molar-refractivity contribution is -0.131. The minimum Gasteiger partial charge on any atom is -0.494 e. The van der Waals surface area contributed by atoms with Gasteiger partial charge in [0, 0.05) is 110 Å². The highest BCUT2D eigenvalue weighted by atomic mass is 16.5. The number of aliphatic hydroxyl groups excluding tert-OH is 1. The van der Waals surface area contributed by atoms with Crippen LogP contribution in [-0.4, -0.2) is 91.8 Å². The van der Waals surface area contributed by atoms with Crippen molar-refractivity contribution in [2.24, 2.45) is 0 Å². The molecule has 1 saturated heterocycles. The summed E-state index contributed by atoms with van der Waals surface area (Å²) in [4.78, 5) is 46.1. The lowest BCUT2D eigenvalue weighted by Gasteiger charge is -2.35. The van der Waals surface area contributed by atoms with Gasteiger partial charge in [0.1, 0.15) is 11.5 Å². The standard InChI is InChI=1S/C40H44N4O6/c1-6-41(7-2)26-14-16-30-35(22-26)50-36-23-27(42(8-3)9-4)15-17-31(36)38(30)28-12-10-11-13-29(28)39(47)43-18-20-44(21-19-43)40(48)32-24-34(46)37(49-5)25-33(32)45/h10-17,22-25,47H,6-9,18-21H2,1-5H3. The topological polar surface area (TPSA) is 103 Å². The fourth-order valence-corrected chi connectivity index (χ4v) is 6.95. The average molecular weight is 677 g/mol. The number of allylic oxidation sites excluding steroid dienone is 2. The minimum absolute atomic E-state index is 0.0872. The van der Waals surface area contributed by atoms with Crippen LogP contribution in [-0.2, 0) is 19.1 Å². The summed E-state index contributed by atoms with van der Waals surface area (Å²) in [6.45, 7) is 13.3. The first-order valence-electron chi connectivity index (χ1n) is 17.3. The van der Waals surface area contributed by atoms with Crippen molar-refractivity contribution in [2.45, 2.75) is 27.7 Å². The van der Waals surface area contributed by atoms with Crippen LogP contribution in [0.1, 0.15) is 38.8 Å². The van der Waals surface area contributed by atoms with E-state index in [9.17, 15) is 19.5 Å². The Morgan fingerprint density at radius 3 is 1.84 bits per heavy atom. The molecule has 0 unspecified atom stereocenters. The number of amides is 1. The molecule has 2 aliphatic heterocycles. The molecule has 260 valence electrons. The van der Waals surface area contributed by atoms with E-state index in [1.54, 1.807) is 4.90 Å². The van der Waals surface area contributed by atoms with Crippen molar-refractivity contribution in [1.29, 1.82) is 0 Å². The van der Waals surface area contributed by atoms with Crippen LogP contribution in [0.4, 0.5) is 11.4 Å². The van der Waals surface area contributed by atoms with Crippen LogP contribution < -0.4 is 25.0 Å². The summed E-state index contributed by atoms with van der Waals surface area (Å²) in [6, 6.07) is 20.5. The summed E-state index contributed by atoms with van der Waals surface area (Å²) in [5.41, 5.74) is 4.82. The smallest absolute Gasteiger partial charge is 0.258 e. The summed E-state index contributed by atoms with van der Waals surface area (Å²) < 4.78 is 11.6. The maximum absolute atomic E-state index is 13.3. The molecule has 10 heteroatoms. The van der Waals surface area contributed by atoms with Gasteiger partial charge >= 0.3 is 0 Å². The second-order valence-corrected chi connectivity index (χ2v) is 12.3. The van der Waals surface area contributed by atoms with Crippen molar-refractivity contribution >= 4 is 40.3 Å². The fraction of sp³-hybridized carbons (Fsp3) is 0.325. The molecule has 1 amide bonds. The van der Waals surface area contributed by atoms with Crippen LogP contribution in [0.25, 0.3) is 11.5 Å². The number of benzene rings is 3. The lowest BCUT2D eigenvalue weighted by atomic mass is 9.90. The van der Waals surface area contributed by atoms with E-state index in [4.69, 9.17) is 9.47 Å². The molecule has 1 N–H and O–H groups in total. The molecule has 1 fully saturated rings. The van der Waals surface area contributed by atoms with Gasteiger partial charge in [0.2, 0.25) is 5.78 Å². The second-order valence-electron chi connectivity index (χ2n) is 12.3. The van der Waals surface area contributed by atoms with E-state index in [0.29, 0.717) is 18.3 Å². The van der Waals surface area contributed by atoms with Crippen molar-refractivity contribution in [2.75, 3.05) is 69.3 Å². The van der Waals surface area contributed by atoms with Crippen molar-refractivity contribution in [3.05, 3.63) is 106 Å². The number of fused-ring (bicyclic) bond motifs is 2. The zero-order valence-electron chi connectivity index (χ0n) is 29.4. The molecule has 3 aliphatic rings. The first-order chi connectivity index (χ1) is 24.2. The molecule has 3 aromatic rings. The number of carbonyl (C=O) groups is 3. The van der Waals surface area contributed by atoms with Crippen LogP contribution in [0.2, 0.25) is 0 Å². The Hall–Kier alpha value is -5.51.